The Morgan fingerprint density at radius 2 is 1.77 bits per heavy atom. The van der Waals surface area contributed by atoms with Gasteiger partial charge in [0, 0.05) is 25.8 Å². The molecular weight excluding hydrogens is 368 g/mol. The maximum absolute atomic E-state index is 13.9. The van der Waals surface area contributed by atoms with Crippen LogP contribution in [0.15, 0.2) is 24.3 Å². The molecule has 0 fully saturated rings. The van der Waals surface area contributed by atoms with E-state index in [9.17, 15) is 22.0 Å². The number of methoxy groups -OCH3 is 1. The first-order valence-electron chi connectivity index (χ1n) is 8.38. The first kappa shape index (κ1) is 22.1. The first-order chi connectivity index (χ1) is 12.3. The Morgan fingerprint density at radius 1 is 1.15 bits per heavy atom. The number of benzene rings is 1. The van der Waals surface area contributed by atoms with Gasteiger partial charge in [0.25, 0.3) is 0 Å². The number of carbonyl (C=O) groups is 1. The van der Waals surface area contributed by atoms with Crippen LogP contribution >= 0.6 is 0 Å². The highest BCUT2D eigenvalue weighted by molar-refractivity contribution is 7.74. The van der Waals surface area contributed by atoms with Gasteiger partial charge >= 0.3 is 5.97 Å². The fourth-order valence-electron chi connectivity index (χ4n) is 2.40. The van der Waals surface area contributed by atoms with Crippen molar-refractivity contribution in [1.29, 1.82) is 0 Å². The minimum Gasteiger partial charge on any atom is -0.497 e. The van der Waals surface area contributed by atoms with Crippen LogP contribution in [0.4, 0.5) is 14.5 Å². The zero-order valence-electron chi connectivity index (χ0n) is 15.0. The third kappa shape index (κ3) is 7.99. The zero-order valence-corrected chi connectivity index (χ0v) is 15.8. The van der Waals surface area contributed by atoms with Gasteiger partial charge in [0.15, 0.2) is 0 Å². The van der Waals surface area contributed by atoms with E-state index in [1.54, 1.807) is 31.2 Å². The molecular formula is C17H25F2NO5S. The molecule has 0 aliphatic carbocycles. The third-order valence-corrected chi connectivity index (χ3v) is 4.53. The average Bonchev–Trinajstić information content (AvgIpc) is 2.58. The lowest BCUT2D eigenvalue weighted by Crippen LogP contribution is -2.25. The van der Waals surface area contributed by atoms with Crippen molar-refractivity contribution in [3.05, 3.63) is 24.3 Å². The van der Waals surface area contributed by atoms with Crippen LogP contribution in [-0.2, 0) is 20.4 Å². The Bertz CT molecular complexity index is 627. The molecule has 0 aromatic heterocycles. The van der Waals surface area contributed by atoms with E-state index in [0.717, 1.165) is 4.31 Å². The number of nitrogens with zero attached hydrogens (tertiary/aromatic N) is 1. The third-order valence-electron chi connectivity index (χ3n) is 3.71. The van der Waals surface area contributed by atoms with Crippen molar-refractivity contribution >= 4 is 22.5 Å². The van der Waals surface area contributed by atoms with Crippen LogP contribution in [0.25, 0.3) is 0 Å². The molecule has 9 heteroatoms. The summed E-state index contributed by atoms with van der Waals surface area (Å²) in [4.78, 5) is 11.2. The molecule has 0 heterocycles. The normalized spacial score (nSPS) is 11.4. The molecule has 0 radical (unpaired) electrons. The van der Waals surface area contributed by atoms with Gasteiger partial charge in [-0.25, -0.2) is 17.2 Å². The molecule has 1 rings (SSSR count). The van der Waals surface area contributed by atoms with E-state index in [1.165, 1.54) is 7.11 Å². The standard InChI is InChI=1S/C17H25F2NO5S/c1-3-25-16(21)6-4-11-17(18,19)12-5-13-20(26(22)23)14-7-9-15(24-2)10-8-14/h7-10,26H,3-6,11-13H2,1-2H3. The van der Waals surface area contributed by atoms with Crippen LogP contribution in [-0.4, -0.2) is 40.6 Å². The predicted molar refractivity (Wildman–Crippen MR) is 95.3 cm³/mol. The van der Waals surface area contributed by atoms with Crippen molar-refractivity contribution in [1.82, 2.24) is 0 Å². The topological polar surface area (TPSA) is 72.9 Å². The molecule has 0 saturated carbocycles. The molecule has 0 saturated heterocycles. The van der Waals surface area contributed by atoms with Gasteiger partial charge in [-0.05, 0) is 44.0 Å². The number of rotatable bonds is 12. The second-order valence-corrected chi connectivity index (χ2v) is 6.64. The number of hydrogen-bond acceptors (Lipinski definition) is 5. The number of carbonyl (C=O) groups excluding carboxylic acids is 1. The predicted octanol–water partition coefficient (Wildman–Crippen LogP) is 3.18. The molecule has 1 aromatic carbocycles. The number of anilines is 1. The SMILES string of the molecule is CCOC(=O)CCCC(F)(F)CCCN(c1ccc(OC)cc1)[SH](=O)=O. The first-order valence-corrected chi connectivity index (χ1v) is 9.51. The van der Waals surface area contributed by atoms with E-state index in [2.05, 4.69) is 0 Å². The summed E-state index contributed by atoms with van der Waals surface area (Å²) in [5.41, 5.74) is 0.396. The van der Waals surface area contributed by atoms with Crippen LogP contribution in [0, 0.1) is 0 Å². The second-order valence-electron chi connectivity index (χ2n) is 5.68. The molecule has 0 unspecified atom stereocenters. The summed E-state index contributed by atoms with van der Waals surface area (Å²) < 4.78 is 61.3. The number of thiol groups is 1. The van der Waals surface area contributed by atoms with Crippen molar-refractivity contribution in [2.45, 2.75) is 45.0 Å². The Balaban J connectivity index is 2.49. The number of halogens is 2. The van der Waals surface area contributed by atoms with E-state index in [4.69, 9.17) is 9.47 Å². The van der Waals surface area contributed by atoms with E-state index in [0.29, 0.717) is 11.4 Å². The largest absolute Gasteiger partial charge is 0.497 e. The van der Waals surface area contributed by atoms with Crippen molar-refractivity contribution in [2.75, 3.05) is 24.6 Å². The van der Waals surface area contributed by atoms with E-state index >= 15 is 0 Å². The van der Waals surface area contributed by atoms with E-state index in [-0.39, 0.29) is 32.4 Å². The molecule has 0 N–H and O–H groups in total. The van der Waals surface area contributed by atoms with Gasteiger partial charge < -0.3 is 9.47 Å². The molecule has 148 valence electrons. The van der Waals surface area contributed by atoms with Crippen molar-refractivity contribution < 1.29 is 31.5 Å². The van der Waals surface area contributed by atoms with Crippen LogP contribution in [0.3, 0.4) is 0 Å². The summed E-state index contributed by atoms with van der Waals surface area (Å²) in [6.45, 7) is 1.84. The van der Waals surface area contributed by atoms with E-state index in [1.807, 2.05) is 0 Å². The molecule has 0 spiro atoms. The average molecular weight is 393 g/mol. The van der Waals surface area contributed by atoms with E-state index < -0.39 is 35.6 Å². The fraction of sp³-hybridized carbons (Fsp3) is 0.588. The molecule has 0 atom stereocenters. The van der Waals surface area contributed by atoms with Gasteiger partial charge in [-0.1, -0.05) is 0 Å². The highest BCUT2D eigenvalue weighted by atomic mass is 32.2. The summed E-state index contributed by atoms with van der Waals surface area (Å²) >= 11 is 0. The Hall–Kier alpha value is -1.90. The lowest BCUT2D eigenvalue weighted by molar-refractivity contribution is -0.143. The van der Waals surface area contributed by atoms with Crippen molar-refractivity contribution in [3.63, 3.8) is 0 Å². The number of esters is 1. The molecule has 6 nitrogen and oxygen atoms in total. The summed E-state index contributed by atoms with van der Waals surface area (Å²) in [5.74, 6) is -2.87. The Labute approximate surface area is 154 Å². The van der Waals surface area contributed by atoms with Gasteiger partial charge in [0.2, 0.25) is 16.8 Å². The molecule has 1 aromatic rings. The summed E-state index contributed by atoms with van der Waals surface area (Å²) in [7, 11) is -1.45. The van der Waals surface area contributed by atoms with Crippen molar-refractivity contribution in [3.8, 4) is 5.75 Å². The highest BCUT2D eigenvalue weighted by Gasteiger charge is 2.28. The Kier molecular flexibility index (Phi) is 9.32. The fourth-order valence-corrected chi connectivity index (χ4v) is 3.02. The van der Waals surface area contributed by atoms with Gasteiger partial charge in [0.05, 0.1) is 19.4 Å². The monoisotopic (exact) mass is 393 g/mol. The van der Waals surface area contributed by atoms with Gasteiger partial charge in [-0.15, -0.1) is 0 Å². The zero-order chi connectivity index (χ0) is 19.6. The number of ether oxygens (including phenoxy) is 2. The number of alkyl halides is 2. The minimum atomic E-state index is -2.95. The lowest BCUT2D eigenvalue weighted by Gasteiger charge is -2.20. The van der Waals surface area contributed by atoms with Crippen LogP contribution < -0.4 is 9.04 Å². The van der Waals surface area contributed by atoms with Gasteiger partial charge in [0.1, 0.15) is 5.75 Å². The van der Waals surface area contributed by atoms with Crippen LogP contribution in [0.5, 0.6) is 5.75 Å². The lowest BCUT2D eigenvalue weighted by atomic mass is 10.1. The molecule has 0 aliphatic heterocycles. The Morgan fingerprint density at radius 3 is 2.31 bits per heavy atom. The quantitative estimate of drug-likeness (QED) is 0.436. The molecule has 26 heavy (non-hydrogen) atoms. The van der Waals surface area contributed by atoms with Gasteiger partial charge in [-0.2, -0.15) is 0 Å². The highest BCUT2D eigenvalue weighted by Crippen LogP contribution is 2.28. The molecule has 0 aliphatic rings. The van der Waals surface area contributed by atoms with Gasteiger partial charge in [-0.3, -0.25) is 9.10 Å². The summed E-state index contributed by atoms with van der Waals surface area (Å²) in [6, 6.07) is 6.32. The molecule has 0 bridgehead atoms. The minimum absolute atomic E-state index is 0.00174. The smallest absolute Gasteiger partial charge is 0.305 e. The maximum atomic E-state index is 13.9. The summed E-state index contributed by atoms with van der Waals surface area (Å²) in [5, 5.41) is 0. The van der Waals surface area contributed by atoms with Crippen LogP contribution in [0.1, 0.15) is 39.0 Å². The molecule has 0 amide bonds. The maximum Gasteiger partial charge on any atom is 0.305 e. The van der Waals surface area contributed by atoms with Crippen LogP contribution in [0.2, 0.25) is 0 Å². The summed E-state index contributed by atoms with van der Waals surface area (Å²) in [6.07, 6.45) is -0.900. The second kappa shape index (κ2) is 10.9. The van der Waals surface area contributed by atoms with Crippen molar-refractivity contribution in [2.24, 2.45) is 0 Å². The number of hydrogen-bond donors (Lipinski definition) is 1.